The number of alkyl halides is 3. The van der Waals surface area contributed by atoms with Gasteiger partial charge in [0.2, 0.25) is 33.4 Å². The Labute approximate surface area is 315 Å². The molecule has 13 nitrogen and oxygen atoms in total. The lowest BCUT2D eigenvalue weighted by Gasteiger charge is -2.29. The molecule has 1 N–H and O–H groups in total. The highest BCUT2D eigenvalue weighted by molar-refractivity contribution is 7.91. The van der Waals surface area contributed by atoms with Crippen molar-refractivity contribution in [3.8, 4) is 5.88 Å². The van der Waals surface area contributed by atoms with Crippen LogP contribution in [0.3, 0.4) is 0 Å². The van der Waals surface area contributed by atoms with E-state index in [1.807, 2.05) is 12.2 Å². The smallest absolute Gasteiger partial charge is 0.438 e. The molecule has 17 heteroatoms. The number of fused-ring (bicyclic) bond motifs is 3. The predicted octanol–water partition coefficient (Wildman–Crippen LogP) is 5.67. The molecule has 4 aliphatic rings. The molecule has 3 fully saturated rings. The van der Waals surface area contributed by atoms with Crippen molar-refractivity contribution in [1.29, 1.82) is 0 Å². The number of aromatic nitrogens is 3. The lowest BCUT2D eigenvalue weighted by molar-refractivity contribution is -0.143. The molecule has 2 aromatic heterocycles. The van der Waals surface area contributed by atoms with E-state index in [4.69, 9.17) is 9.26 Å². The van der Waals surface area contributed by atoms with E-state index in [2.05, 4.69) is 19.8 Å². The van der Waals surface area contributed by atoms with Crippen LogP contribution >= 0.6 is 0 Å². The summed E-state index contributed by atoms with van der Waals surface area (Å²) in [7, 11) is -4.04. The van der Waals surface area contributed by atoms with Crippen LogP contribution in [0, 0.1) is 24.2 Å². The predicted molar refractivity (Wildman–Crippen MR) is 190 cm³/mol. The van der Waals surface area contributed by atoms with Gasteiger partial charge in [-0.1, -0.05) is 42.3 Å². The number of aryl methyl sites for hydroxylation is 1. The van der Waals surface area contributed by atoms with Crippen LogP contribution < -0.4 is 9.46 Å². The Morgan fingerprint density at radius 3 is 2.49 bits per heavy atom. The van der Waals surface area contributed by atoms with Gasteiger partial charge in [0.25, 0.3) is 0 Å². The number of sulfonamides is 1. The van der Waals surface area contributed by atoms with Gasteiger partial charge >= 0.3 is 6.18 Å². The Bertz CT molecular complexity index is 2170. The van der Waals surface area contributed by atoms with Crippen LogP contribution in [0.4, 0.5) is 13.2 Å². The third-order valence-electron chi connectivity index (χ3n) is 11.4. The molecule has 0 bridgehead atoms. The van der Waals surface area contributed by atoms with E-state index in [9.17, 15) is 40.8 Å². The number of hydrogen-bond donors (Lipinski definition) is 1. The van der Waals surface area contributed by atoms with E-state index in [0.29, 0.717) is 37.9 Å². The summed E-state index contributed by atoms with van der Waals surface area (Å²) in [5.41, 5.74) is -2.60. The zero-order valence-corrected chi connectivity index (χ0v) is 31.2. The van der Waals surface area contributed by atoms with E-state index in [1.54, 1.807) is 19.9 Å². The number of ketones is 2. The van der Waals surface area contributed by atoms with Gasteiger partial charge < -0.3 is 14.2 Å². The fourth-order valence-corrected chi connectivity index (χ4v) is 8.99. The average Bonchev–Trinajstić information content (AvgIpc) is 3.93. The molecular weight excluding hydrogens is 744 g/mol. The van der Waals surface area contributed by atoms with Gasteiger partial charge in [0.1, 0.15) is 17.6 Å². The number of allylic oxidation sites excluding steroid dienone is 2. The Balaban J connectivity index is 1.22. The molecule has 1 aromatic carbocycles. The maximum absolute atomic E-state index is 14.5. The highest BCUT2D eigenvalue weighted by Gasteiger charge is 2.62. The van der Waals surface area contributed by atoms with Gasteiger partial charge in [-0.3, -0.25) is 23.9 Å². The number of carbonyl (C=O) groups is 4. The van der Waals surface area contributed by atoms with Crippen molar-refractivity contribution in [3.05, 3.63) is 59.6 Å². The van der Waals surface area contributed by atoms with Crippen molar-refractivity contribution in [1.82, 2.24) is 24.7 Å². The SMILES string of the molecule is Cc1cc(C(=O)C[C@H]2CCCCC/C=C\[C@@H]3C[C@@]3(C(=O)NS(=O)(=O)C3(C)CC3)CC(=O)[C@@H]3C[C@@H](Oc4nc5ccccc5nc4C(F)(F)F)CN3C2=O)no1. The van der Waals surface area contributed by atoms with Crippen LogP contribution in [-0.2, 0) is 30.6 Å². The molecule has 2 aliphatic carbocycles. The van der Waals surface area contributed by atoms with Gasteiger partial charge in [-0.2, -0.15) is 13.2 Å². The van der Waals surface area contributed by atoms with Crippen molar-refractivity contribution < 1.29 is 50.0 Å². The number of amides is 2. The second-order valence-electron chi connectivity index (χ2n) is 15.6. The maximum atomic E-state index is 14.5. The van der Waals surface area contributed by atoms with Crippen molar-refractivity contribution in [2.45, 2.75) is 108 Å². The largest absolute Gasteiger partial charge is 0.471 e. The molecule has 4 heterocycles. The number of rotatable bonds is 8. The van der Waals surface area contributed by atoms with Gasteiger partial charge in [0.05, 0.1) is 33.8 Å². The lowest BCUT2D eigenvalue weighted by atomic mass is 9.90. The third kappa shape index (κ3) is 7.89. The summed E-state index contributed by atoms with van der Waals surface area (Å²) < 4.78 is 81.2. The molecule has 0 spiro atoms. The van der Waals surface area contributed by atoms with Gasteiger partial charge in [-0.15, -0.1) is 0 Å². The molecule has 0 unspecified atom stereocenters. The molecule has 55 heavy (non-hydrogen) atoms. The van der Waals surface area contributed by atoms with E-state index in [1.165, 1.54) is 29.2 Å². The normalized spacial score (nSPS) is 27.7. The first-order valence-corrected chi connectivity index (χ1v) is 20.0. The minimum absolute atomic E-state index is 0.00395. The number of Topliss-reactive ketones (excluding diaryl/α,β-unsaturated/α-hetero) is 2. The standard InChI is InChI=1S/C38H42F3N5O8S/c1-22-16-28(44-54-22)30(47)17-23-10-6-4-3-5-7-11-24-19-37(24,35(50)45-55(51,52)36(2)14-15-36)20-31(48)29-18-25(21-46(29)34(23)49)53-33-32(38(39,40)41)42-26-12-8-9-13-27(26)43-33/h7-9,11-13,16,23-25,29H,3-6,10,14-15,17-21H2,1-2H3,(H,45,50)/b11-7-/t23-,24-,25-,29+,37-/m1/s1. The molecule has 2 aliphatic heterocycles. The summed E-state index contributed by atoms with van der Waals surface area (Å²) >= 11 is 0. The third-order valence-corrected chi connectivity index (χ3v) is 13.6. The Morgan fingerprint density at radius 1 is 1.09 bits per heavy atom. The molecule has 7 rings (SSSR count). The highest BCUT2D eigenvalue weighted by Crippen LogP contribution is 2.57. The van der Waals surface area contributed by atoms with E-state index in [0.717, 1.165) is 6.42 Å². The number of para-hydroxylation sites is 2. The molecule has 0 radical (unpaired) electrons. The Morgan fingerprint density at radius 2 is 1.82 bits per heavy atom. The molecule has 2 amide bonds. The quantitative estimate of drug-likeness (QED) is 0.220. The topological polar surface area (TPSA) is 179 Å². The van der Waals surface area contributed by atoms with Gasteiger partial charge in [0, 0.05) is 31.2 Å². The summed E-state index contributed by atoms with van der Waals surface area (Å²) in [6, 6.07) is 6.17. The molecule has 1 saturated heterocycles. The number of hydrogen-bond acceptors (Lipinski definition) is 11. The summed E-state index contributed by atoms with van der Waals surface area (Å²) in [6.45, 7) is 2.85. The Hall–Kier alpha value is -4.67. The molecule has 5 atom stereocenters. The number of halogens is 3. The van der Waals surface area contributed by atoms with E-state index >= 15 is 0 Å². The van der Waals surface area contributed by atoms with Crippen molar-refractivity contribution in [2.75, 3.05) is 6.54 Å². The number of carbonyl (C=O) groups excluding carboxylic acids is 4. The van der Waals surface area contributed by atoms with Crippen molar-refractivity contribution in [3.63, 3.8) is 0 Å². The summed E-state index contributed by atoms with van der Waals surface area (Å²) in [5.74, 6) is -4.16. The first kappa shape index (κ1) is 38.6. The summed E-state index contributed by atoms with van der Waals surface area (Å²) in [6.07, 6.45) is 0.645. The number of ether oxygens (including phenoxy) is 1. The summed E-state index contributed by atoms with van der Waals surface area (Å²) in [5, 5.41) is 3.79. The Kier molecular flexibility index (Phi) is 10.1. The minimum Gasteiger partial charge on any atom is -0.471 e. The van der Waals surface area contributed by atoms with Gasteiger partial charge in [-0.25, -0.2) is 18.4 Å². The first-order chi connectivity index (χ1) is 26.0. The van der Waals surface area contributed by atoms with E-state index < -0.39 is 91.7 Å². The van der Waals surface area contributed by atoms with Crippen molar-refractivity contribution >= 4 is 44.4 Å². The fraction of sp³-hybridized carbons (Fsp3) is 0.553. The number of nitrogens with zero attached hydrogens (tertiary/aromatic N) is 4. The van der Waals surface area contributed by atoms with Crippen LogP contribution in [0.5, 0.6) is 5.88 Å². The van der Waals surface area contributed by atoms with Gasteiger partial charge in [-0.05, 0) is 70.4 Å². The molecule has 2 saturated carbocycles. The second-order valence-corrected chi connectivity index (χ2v) is 17.7. The second kappa shape index (κ2) is 14.4. The zero-order valence-electron chi connectivity index (χ0n) is 30.4. The zero-order chi connectivity index (χ0) is 39.3. The van der Waals surface area contributed by atoms with Crippen LogP contribution in [-0.4, -0.2) is 75.3 Å². The molecule has 294 valence electrons. The minimum atomic E-state index is -4.95. The average molecular weight is 786 g/mol. The number of benzene rings is 1. The summed E-state index contributed by atoms with van der Waals surface area (Å²) in [4.78, 5) is 65.3. The monoisotopic (exact) mass is 785 g/mol. The molecular formula is C38H42F3N5O8S. The fourth-order valence-electron chi connectivity index (χ4n) is 7.65. The van der Waals surface area contributed by atoms with E-state index in [-0.39, 0.29) is 49.0 Å². The molecule has 3 aromatic rings. The van der Waals surface area contributed by atoms with Crippen molar-refractivity contribution in [2.24, 2.45) is 17.3 Å². The van der Waals surface area contributed by atoms with Crippen LogP contribution in [0.2, 0.25) is 0 Å². The highest BCUT2D eigenvalue weighted by atomic mass is 32.2. The van der Waals surface area contributed by atoms with Crippen LogP contribution in [0.1, 0.15) is 99.5 Å². The maximum Gasteiger partial charge on any atom is 0.438 e. The number of nitrogens with one attached hydrogen (secondary N) is 1. The lowest BCUT2D eigenvalue weighted by Crippen LogP contribution is -2.47. The first-order valence-electron chi connectivity index (χ1n) is 18.5. The van der Waals surface area contributed by atoms with Crippen LogP contribution in [0.25, 0.3) is 11.0 Å². The van der Waals surface area contributed by atoms with Gasteiger partial charge in [0.15, 0.2) is 11.6 Å². The van der Waals surface area contributed by atoms with Crippen LogP contribution in [0.15, 0.2) is 47.0 Å².